The number of nitro benzene ring substituents is 1. The highest BCUT2D eigenvalue weighted by molar-refractivity contribution is 5.96. The number of nitrogens with zero attached hydrogens (tertiary/aromatic N) is 2. The molecule has 2 heterocycles. The van der Waals surface area contributed by atoms with Crippen molar-refractivity contribution in [2.45, 2.75) is 18.9 Å². The van der Waals surface area contributed by atoms with Crippen LogP contribution in [0.2, 0.25) is 0 Å². The lowest BCUT2D eigenvalue weighted by Crippen LogP contribution is -2.42. The predicted octanol–water partition coefficient (Wildman–Crippen LogP) is 1.98. The van der Waals surface area contributed by atoms with Gasteiger partial charge in [0.2, 0.25) is 0 Å². The number of nitrogens with one attached hydrogen (secondary N) is 1. The van der Waals surface area contributed by atoms with Gasteiger partial charge in [0.25, 0.3) is 17.5 Å². The largest absolute Gasteiger partial charge is 0.494 e. The van der Waals surface area contributed by atoms with Crippen LogP contribution in [-0.4, -0.2) is 53.9 Å². The lowest BCUT2D eigenvalue weighted by atomic mass is 10.2. The molecule has 1 fully saturated rings. The molecule has 0 spiro atoms. The fourth-order valence-corrected chi connectivity index (χ4v) is 3.11. The maximum absolute atomic E-state index is 12.4. The Balaban J connectivity index is 1.57. The maximum atomic E-state index is 12.4. The van der Waals surface area contributed by atoms with E-state index in [1.165, 1.54) is 36.5 Å². The first-order valence-electron chi connectivity index (χ1n) is 9.04. The standard InChI is InChI=1S/C19H19N3O8/c1-28-16-10-12(22(26)27)6-7-13(16)20-17(23)11-30-19(25)14-4-2-8-21(14)18(24)15-5-3-9-29-15/h3,5-7,9-10,14H,2,4,8,11H2,1H3,(H,20,23)/t14-/m0/s1. The second-order valence-electron chi connectivity index (χ2n) is 6.43. The number of hydrogen-bond donors (Lipinski definition) is 1. The van der Waals surface area contributed by atoms with E-state index in [0.717, 1.165) is 6.07 Å². The molecule has 1 aromatic carbocycles. The number of furan rings is 1. The summed E-state index contributed by atoms with van der Waals surface area (Å²) in [5, 5.41) is 13.3. The molecule has 0 radical (unpaired) electrons. The highest BCUT2D eigenvalue weighted by Gasteiger charge is 2.36. The molecule has 30 heavy (non-hydrogen) atoms. The van der Waals surface area contributed by atoms with Gasteiger partial charge in [0.05, 0.1) is 30.1 Å². The van der Waals surface area contributed by atoms with Crippen molar-refractivity contribution in [3.05, 3.63) is 52.5 Å². The number of carbonyl (C=O) groups is 3. The summed E-state index contributed by atoms with van der Waals surface area (Å²) in [5.41, 5.74) is -0.00142. The van der Waals surface area contributed by atoms with E-state index in [2.05, 4.69) is 5.32 Å². The van der Waals surface area contributed by atoms with Crippen molar-refractivity contribution < 1.29 is 33.2 Å². The molecule has 1 N–H and O–H groups in total. The van der Waals surface area contributed by atoms with Crippen LogP contribution in [0.15, 0.2) is 41.0 Å². The Hall–Kier alpha value is -3.89. The van der Waals surface area contributed by atoms with Gasteiger partial charge in [-0.05, 0) is 31.0 Å². The molecule has 1 aliphatic rings. The lowest BCUT2D eigenvalue weighted by Gasteiger charge is -2.22. The molecule has 2 amide bonds. The Kier molecular flexibility index (Phi) is 6.30. The number of carbonyl (C=O) groups excluding carboxylic acids is 3. The average Bonchev–Trinajstić information content (AvgIpc) is 3.43. The summed E-state index contributed by atoms with van der Waals surface area (Å²) in [4.78, 5) is 48.6. The van der Waals surface area contributed by atoms with Crippen molar-refractivity contribution in [1.82, 2.24) is 4.90 Å². The molecule has 1 aliphatic heterocycles. The minimum atomic E-state index is -0.802. The van der Waals surface area contributed by atoms with Crippen molar-refractivity contribution in [3.8, 4) is 5.75 Å². The van der Waals surface area contributed by atoms with Crippen LogP contribution in [-0.2, 0) is 14.3 Å². The van der Waals surface area contributed by atoms with Crippen LogP contribution in [0.1, 0.15) is 23.4 Å². The quantitative estimate of drug-likeness (QED) is 0.409. The summed E-state index contributed by atoms with van der Waals surface area (Å²) in [5.74, 6) is -1.55. The molecular formula is C19H19N3O8. The summed E-state index contributed by atoms with van der Waals surface area (Å²) in [6.07, 6.45) is 2.41. The van der Waals surface area contributed by atoms with Gasteiger partial charge in [0.15, 0.2) is 12.4 Å². The van der Waals surface area contributed by atoms with Gasteiger partial charge in [-0.25, -0.2) is 4.79 Å². The van der Waals surface area contributed by atoms with E-state index in [0.29, 0.717) is 19.4 Å². The fourth-order valence-electron chi connectivity index (χ4n) is 3.11. The third-order valence-electron chi connectivity index (χ3n) is 4.53. The topological polar surface area (TPSA) is 141 Å². The van der Waals surface area contributed by atoms with Crippen LogP contribution in [0, 0.1) is 10.1 Å². The molecule has 158 valence electrons. The summed E-state index contributed by atoms with van der Waals surface area (Å²) in [7, 11) is 1.31. The van der Waals surface area contributed by atoms with E-state index in [4.69, 9.17) is 13.9 Å². The number of methoxy groups -OCH3 is 1. The molecule has 3 rings (SSSR count). The zero-order valence-corrected chi connectivity index (χ0v) is 16.0. The zero-order chi connectivity index (χ0) is 21.7. The highest BCUT2D eigenvalue weighted by atomic mass is 16.6. The Morgan fingerprint density at radius 1 is 1.33 bits per heavy atom. The van der Waals surface area contributed by atoms with Gasteiger partial charge in [-0.3, -0.25) is 19.7 Å². The number of ether oxygens (including phenoxy) is 2. The summed E-state index contributed by atoms with van der Waals surface area (Å²) >= 11 is 0. The van der Waals surface area contributed by atoms with Crippen LogP contribution in [0.5, 0.6) is 5.75 Å². The molecule has 1 aromatic heterocycles. The third-order valence-corrected chi connectivity index (χ3v) is 4.53. The minimum Gasteiger partial charge on any atom is -0.494 e. The number of anilines is 1. The first-order valence-corrected chi connectivity index (χ1v) is 9.04. The molecule has 0 bridgehead atoms. The van der Waals surface area contributed by atoms with Crippen molar-refractivity contribution in [3.63, 3.8) is 0 Å². The van der Waals surface area contributed by atoms with E-state index in [9.17, 15) is 24.5 Å². The van der Waals surface area contributed by atoms with E-state index in [1.807, 2.05) is 0 Å². The molecule has 0 unspecified atom stereocenters. The van der Waals surface area contributed by atoms with Gasteiger partial charge in [-0.2, -0.15) is 0 Å². The van der Waals surface area contributed by atoms with Gasteiger partial charge in [0.1, 0.15) is 11.8 Å². The van der Waals surface area contributed by atoms with E-state index < -0.39 is 35.4 Å². The first-order chi connectivity index (χ1) is 14.4. The van der Waals surface area contributed by atoms with Crippen molar-refractivity contribution in [2.75, 3.05) is 25.6 Å². The number of rotatable bonds is 7. The average molecular weight is 417 g/mol. The molecule has 0 aliphatic carbocycles. The second kappa shape index (κ2) is 9.07. The Morgan fingerprint density at radius 3 is 2.80 bits per heavy atom. The maximum Gasteiger partial charge on any atom is 0.329 e. The number of nitro groups is 1. The minimum absolute atomic E-state index is 0.0925. The second-order valence-corrected chi connectivity index (χ2v) is 6.43. The van der Waals surface area contributed by atoms with Crippen LogP contribution in [0.25, 0.3) is 0 Å². The number of esters is 1. The monoisotopic (exact) mass is 417 g/mol. The van der Waals surface area contributed by atoms with E-state index in [1.54, 1.807) is 6.07 Å². The van der Waals surface area contributed by atoms with Crippen molar-refractivity contribution in [1.29, 1.82) is 0 Å². The number of amides is 2. The molecule has 1 atom stereocenters. The number of hydrogen-bond acceptors (Lipinski definition) is 8. The molecular weight excluding hydrogens is 398 g/mol. The number of likely N-dealkylation sites (tertiary alicyclic amines) is 1. The lowest BCUT2D eigenvalue weighted by molar-refractivity contribution is -0.384. The molecule has 2 aromatic rings. The van der Waals surface area contributed by atoms with Crippen LogP contribution in [0.4, 0.5) is 11.4 Å². The number of benzene rings is 1. The summed E-state index contributed by atoms with van der Waals surface area (Å²) in [6.45, 7) is -0.205. The van der Waals surface area contributed by atoms with Gasteiger partial charge in [-0.1, -0.05) is 0 Å². The molecule has 1 saturated heterocycles. The fraction of sp³-hybridized carbons (Fsp3) is 0.316. The van der Waals surface area contributed by atoms with Crippen LogP contribution >= 0.6 is 0 Å². The highest BCUT2D eigenvalue weighted by Crippen LogP contribution is 2.29. The summed E-state index contributed by atoms with van der Waals surface area (Å²) < 4.78 is 15.2. The molecule has 11 nitrogen and oxygen atoms in total. The number of non-ortho nitro benzene ring substituents is 1. The van der Waals surface area contributed by atoms with Gasteiger partial charge >= 0.3 is 5.97 Å². The van der Waals surface area contributed by atoms with Crippen LogP contribution in [0.3, 0.4) is 0 Å². The SMILES string of the molecule is COc1cc([N+](=O)[O-])ccc1NC(=O)COC(=O)[C@@H]1CCCN1C(=O)c1ccco1. The third kappa shape index (κ3) is 4.57. The Labute approximate surface area is 170 Å². The molecule has 11 heteroatoms. The Morgan fingerprint density at radius 2 is 2.13 bits per heavy atom. The first kappa shape index (κ1) is 20.8. The van der Waals surface area contributed by atoms with E-state index in [-0.39, 0.29) is 22.9 Å². The van der Waals surface area contributed by atoms with Crippen molar-refractivity contribution in [2.24, 2.45) is 0 Å². The molecule has 0 saturated carbocycles. The van der Waals surface area contributed by atoms with Gasteiger partial charge < -0.3 is 24.1 Å². The van der Waals surface area contributed by atoms with Gasteiger partial charge in [0, 0.05) is 12.6 Å². The Bertz CT molecular complexity index is 957. The van der Waals surface area contributed by atoms with E-state index >= 15 is 0 Å². The summed E-state index contributed by atoms with van der Waals surface area (Å²) in [6, 6.07) is 5.97. The predicted molar refractivity (Wildman–Crippen MR) is 102 cm³/mol. The van der Waals surface area contributed by atoms with Crippen LogP contribution < -0.4 is 10.1 Å². The van der Waals surface area contributed by atoms with Crippen molar-refractivity contribution >= 4 is 29.2 Å². The normalized spacial score (nSPS) is 15.5. The smallest absolute Gasteiger partial charge is 0.329 e. The zero-order valence-electron chi connectivity index (χ0n) is 16.0. The van der Waals surface area contributed by atoms with Gasteiger partial charge in [-0.15, -0.1) is 0 Å².